The fourth-order valence-corrected chi connectivity index (χ4v) is 5.73. The standard InChI is InChI=1S/C25H27N3/c1-16-12-20(28-25(26-16)22-8-4-5-9-24(22)27-28)13-17-10-11-19-15-18-6-2-3-7-21(18)23(19)14-17/h2-3,6-7,12,17H,4-5,8-11,13-15H2,1H3. The van der Waals surface area contributed by atoms with Crippen LogP contribution in [0.4, 0.5) is 0 Å². The van der Waals surface area contributed by atoms with Crippen molar-refractivity contribution in [3.05, 3.63) is 69.7 Å². The Morgan fingerprint density at radius 2 is 2.00 bits per heavy atom. The average Bonchev–Trinajstić information content (AvgIpc) is 3.26. The largest absolute Gasteiger partial charge is 0.234 e. The Labute approximate surface area is 166 Å². The van der Waals surface area contributed by atoms with Crippen molar-refractivity contribution < 1.29 is 0 Å². The van der Waals surface area contributed by atoms with Crippen molar-refractivity contribution in [2.75, 3.05) is 0 Å². The number of rotatable bonds is 2. The van der Waals surface area contributed by atoms with Gasteiger partial charge in [-0.25, -0.2) is 9.50 Å². The molecular weight excluding hydrogens is 342 g/mol. The second-order valence-corrected chi connectivity index (χ2v) is 8.99. The molecule has 1 unspecified atom stereocenters. The van der Waals surface area contributed by atoms with Crippen LogP contribution in [0.5, 0.6) is 0 Å². The van der Waals surface area contributed by atoms with E-state index in [2.05, 4.69) is 41.8 Å². The van der Waals surface area contributed by atoms with E-state index in [1.54, 1.807) is 11.1 Å². The molecule has 0 bridgehead atoms. The first-order valence-electron chi connectivity index (χ1n) is 10.9. The van der Waals surface area contributed by atoms with Crippen molar-refractivity contribution in [1.29, 1.82) is 0 Å². The Bertz CT molecular complexity index is 1120. The van der Waals surface area contributed by atoms with Gasteiger partial charge in [-0.1, -0.05) is 29.8 Å². The van der Waals surface area contributed by atoms with E-state index in [0.717, 1.165) is 30.6 Å². The van der Waals surface area contributed by atoms with Crippen LogP contribution in [0.3, 0.4) is 0 Å². The van der Waals surface area contributed by atoms with E-state index >= 15 is 0 Å². The zero-order chi connectivity index (χ0) is 18.7. The van der Waals surface area contributed by atoms with Gasteiger partial charge in [0.15, 0.2) is 5.65 Å². The fourth-order valence-electron chi connectivity index (χ4n) is 5.73. The van der Waals surface area contributed by atoms with Gasteiger partial charge in [0.2, 0.25) is 0 Å². The van der Waals surface area contributed by atoms with Crippen LogP contribution in [0.1, 0.15) is 65.9 Å². The molecule has 3 heteroatoms. The number of benzene rings is 1. The van der Waals surface area contributed by atoms with Gasteiger partial charge in [0.1, 0.15) is 0 Å². The molecule has 1 aromatic carbocycles. The predicted octanol–water partition coefficient (Wildman–Crippen LogP) is 5.27. The van der Waals surface area contributed by atoms with E-state index in [1.165, 1.54) is 66.6 Å². The summed E-state index contributed by atoms with van der Waals surface area (Å²) in [6.45, 7) is 2.14. The van der Waals surface area contributed by atoms with Crippen LogP contribution >= 0.6 is 0 Å². The Balaban J connectivity index is 1.34. The molecule has 0 fully saturated rings. The van der Waals surface area contributed by atoms with Crippen LogP contribution in [-0.4, -0.2) is 14.6 Å². The lowest BCUT2D eigenvalue weighted by Crippen LogP contribution is -2.14. The van der Waals surface area contributed by atoms with Crippen LogP contribution in [0.15, 0.2) is 35.9 Å². The maximum absolute atomic E-state index is 5.00. The molecule has 0 N–H and O–H groups in total. The molecule has 3 aromatic rings. The quantitative estimate of drug-likeness (QED) is 0.616. The van der Waals surface area contributed by atoms with E-state index in [9.17, 15) is 0 Å². The van der Waals surface area contributed by atoms with Crippen molar-refractivity contribution in [3.8, 4) is 0 Å². The number of hydrogen-bond acceptors (Lipinski definition) is 2. The summed E-state index contributed by atoms with van der Waals surface area (Å²) < 4.78 is 2.19. The van der Waals surface area contributed by atoms with E-state index in [0.29, 0.717) is 5.92 Å². The van der Waals surface area contributed by atoms with E-state index in [-0.39, 0.29) is 0 Å². The highest BCUT2D eigenvalue weighted by Crippen LogP contribution is 2.44. The number of fused-ring (bicyclic) bond motifs is 5. The van der Waals surface area contributed by atoms with Crippen molar-refractivity contribution in [2.24, 2.45) is 5.92 Å². The summed E-state index contributed by atoms with van der Waals surface area (Å²) >= 11 is 0. The summed E-state index contributed by atoms with van der Waals surface area (Å²) in [5.41, 5.74) is 12.7. The summed E-state index contributed by atoms with van der Waals surface area (Å²) in [7, 11) is 0. The maximum atomic E-state index is 5.00. The van der Waals surface area contributed by atoms with E-state index in [1.807, 2.05) is 0 Å². The lowest BCUT2D eigenvalue weighted by atomic mass is 9.81. The summed E-state index contributed by atoms with van der Waals surface area (Å²) in [5, 5.41) is 5.00. The third-order valence-corrected chi connectivity index (χ3v) is 7.08. The van der Waals surface area contributed by atoms with Gasteiger partial charge in [-0.15, -0.1) is 0 Å². The van der Waals surface area contributed by atoms with Crippen molar-refractivity contribution in [3.63, 3.8) is 0 Å². The molecule has 3 aliphatic carbocycles. The molecule has 0 saturated heterocycles. The second kappa shape index (κ2) is 6.30. The van der Waals surface area contributed by atoms with Gasteiger partial charge < -0.3 is 0 Å². The lowest BCUT2D eigenvalue weighted by Gasteiger charge is -2.24. The highest BCUT2D eigenvalue weighted by molar-refractivity contribution is 5.77. The molecule has 3 nitrogen and oxygen atoms in total. The number of allylic oxidation sites excluding steroid dienone is 2. The minimum atomic E-state index is 0.705. The Morgan fingerprint density at radius 3 is 2.96 bits per heavy atom. The van der Waals surface area contributed by atoms with Crippen LogP contribution in [0, 0.1) is 12.8 Å². The van der Waals surface area contributed by atoms with Crippen molar-refractivity contribution in [1.82, 2.24) is 14.6 Å². The summed E-state index contributed by atoms with van der Waals surface area (Å²) in [6, 6.07) is 11.3. The first kappa shape index (κ1) is 16.5. The third kappa shape index (κ3) is 2.56. The Morgan fingerprint density at radius 1 is 1.11 bits per heavy atom. The topological polar surface area (TPSA) is 30.2 Å². The van der Waals surface area contributed by atoms with Crippen LogP contribution in [0.2, 0.25) is 0 Å². The number of hydrogen-bond donors (Lipinski definition) is 0. The van der Waals surface area contributed by atoms with Crippen LogP contribution in [0.25, 0.3) is 11.2 Å². The number of nitrogens with zero attached hydrogens (tertiary/aromatic N) is 3. The highest BCUT2D eigenvalue weighted by atomic mass is 15.3. The Hall–Kier alpha value is -2.42. The first-order chi connectivity index (χ1) is 13.8. The van der Waals surface area contributed by atoms with E-state index < -0.39 is 0 Å². The summed E-state index contributed by atoms with van der Waals surface area (Å²) in [6.07, 6.45) is 10.9. The van der Waals surface area contributed by atoms with Crippen molar-refractivity contribution in [2.45, 2.75) is 64.7 Å². The van der Waals surface area contributed by atoms with Gasteiger partial charge >= 0.3 is 0 Å². The normalized spacial score (nSPS) is 21.0. The number of aromatic nitrogens is 3. The molecule has 2 heterocycles. The molecular formula is C25H27N3. The molecule has 142 valence electrons. The van der Waals surface area contributed by atoms with Gasteiger partial charge in [0.05, 0.1) is 5.69 Å². The lowest BCUT2D eigenvalue weighted by molar-refractivity contribution is 0.466. The van der Waals surface area contributed by atoms with Gasteiger partial charge in [-0.05, 0) is 93.4 Å². The highest BCUT2D eigenvalue weighted by Gasteiger charge is 2.29. The molecule has 0 radical (unpaired) electrons. The minimum Gasteiger partial charge on any atom is -0.234 e. The second-order valence-electron chi connectivity index (χ2n) is 8.99. The molecule has 28 heavy (non-hydrogen) atoms. The summed E-state index contributed by atoms with van der Waals surface area (Å²) in [5.74, 6) is 0.705. The predicted molar refractivity (Wildman–Crippen MR) is 112 cm³/mol. The minimum absolute atomic E-state index is 0.705. The van der Waals surface area contributed by atoms with Crippen LogP contribution in [-0.2, 0) is 25.7 Å². The molecule has 6 rings (SSSR count). The molecule has 0 aliphatic heterocycles. The maximum Gasteiger partial charge on any atom is 0.158 e. The fraction of sp³-hybridized carbons (Fsp3) is 0.440. The Kier molecular flexibility index (Phi) is 3.72. The van der Waals surface area contributed by atoms with Gasteiger partial charge in [-0.3, -0.25) is 0 Å². The zero-order valence-corrected chi connectivity index (χ0v) is 16.7. The van der Waals surface area contributed by atoms with Crippen molar-refractivity contribution >= 4 is 11.2 Å². The molecule has 0 spiro atoms. The smallest absolute Gasteiger partial charge is 0.158 e. The molecule has 2 aromatic heterocycles. The van der Waals surface area contributed by atoms with Crippen LogP contribution < -0.4 is 0 Å². The molecule has 3 aliphatic rings. The molecule has 0 saturated carbocycles. The monoisotopic (exact) mass is 369 g/mol. The average molecular weight is 370 g/mol. The van der Waals surface area contributed by atoms with Gasteiger partial charge in [0.25, 0.3) is 0 Å². The SMILES string of the molecule is Cc1cc(CC2CCC3=C(C2)c2ccccc2C3)n2nc3c(c2n1)CCCC3. The molecule has 1 atom stereocenters. The summed E-state index contributed by atoms with van der Waals surface area (Å²) in [4.78, 5) is 4.88. The zero-order valence-electron chi connectivity index (χ0n) is 16.7. The van der Waals surface area contributed by atoms with Gasteiger partial charge in [0, 0.05) is 17.0 Å². The first-order valence-corrected chi connectivity index (χ1v) is 10.9. The molecule has 0 amide bonds. The van der Waals surface area contributed by atoms with Gasteiger partial charge in [-0.2, -0.15) is 5.10 Å². The number of aryl methyl sites for hydroxylation is 3. The van der Waals surface area contributed by atoms with E-state index in [4.69, 9.17) is 10.1 Å². The third-order valence-electron chi connectivity index (χ3n) is 7.08.